The molecule has 0 radical (unpaired) electrons. The van der Waals surface area contributed by atoms with E-state index in [9.17, 15) is 13.2 Å². The molecule has 0 amide bonds. The molecule has 2 rings (SSSR count). The maximum Gasteiger partial charge on any atom is 0.390 e. The Morgan fingerprint density at radius 3 is 2.46 bits per heavy atom. The van der Waals surface area contributed by atoms with Crippen molar-refractivity contribution in [3.05, 3.63) is 34.9 Å². The van der Waals surface area contributed by atoms with Crippen LogP contribution in [0.4, 0.5) is 13.2 Å². The number of hydrogen-bond donors (Lipinski definition) is 2. The minimum Gasteiger partial charge on any atom is -0.381 e. The third-order valence-electron chi connectivity index (χ3n) is 4.41. The fourth-order valence-corrected chi connectivity index (χ4v) is 3.33. The predicted molar refractivity (Wildman–Crippen MR) is 109 cm³/mol. The first-order chi connectivity index (χ1) is 11.9. The van der Waals surface area contributed by atoms with Gasteiger partial charge in [-0.15, -0.1) is 24.0 Å². The molecule has 0 atom stereocenters. The van der Waals surface area contributed by atoms with E-state index in [4.69, 9.17) is 16.3 Å². The van der Waals surface area contributed by atoms with Crippen LogP contribution in [-0.4, -0.2) is 45.5 Å². The highest BCUT2D eigenvalue weighted by atomic mass is 127. The Morgan fingerprint density at radius 1 is 1.23 bits per heavy atom. The highest BCUT2D eigenvalue weighted by molar-refractivity contribution is 14.0. The maximum atomic E-state index is 12.3. The number of nitrogens with zero attached hydrogens (tertiary/aromatic N) is 1. The molecule has 9 heteroatoms. The van der Waals surface area contributed by atoms with Gasteiger partial charge in [0.2, 0.25) is 0 Å². The molecule has 0 spiro atoms. The topological polar surface area (TPSA) is 45.7 Å². The molecular formula is C17H24ClF3IN3O. The van der Waals surface area contributed by atoms with Crippen molar-refractivity contribution >= 4 is 41.5 Å². The van der Waals surface area contributed by atoms with Crippen molar-refractivity contribution in [3.8, 4) is 0 Å². The monoisotopic (exact) mass is 505 g/mol. The second-order valence-electron chi connectivity index (χ2n) is 6.09. The molecule has 1 aliphatic heterocycles. The Kier molecular flexibility index (Phi) is 9.46. The Balaban J connectivity index is 0.00000338. The van der Waals surface area contributed by atoms with E-state index in [0.29, 0.717) is 30.7 Å². The van der Waals surface area contributed by atoms with Gasteiger partial charge in [-0.2, -0.15) is 13.2 Å². The predicted octanol–water partition coefficient (Wildman–Crippen LogP) is 4.12. The molecule has 26 heavy (non-hydrogen) atoms. The molecule has 1 aromatic rings. The van der Waals surface area contributed by atoms with Gasteiger partial charge in [0, 0.05) is 43.8 Å². The number of hydrogen-bond acceptors (Lipinski definition) is 2. The summed E-state index contributed by atoms with van der Waals surface area (Å²) in [6.45, 7) is 1.54. The van der Waals surface area contributed by atoms with Gasteiger partial charge in [0.15, 0.2) is 5.96 Å². The van der Waals surface area contributed by atoms with E-state index in [1.54, 1.807) is 0 Å². The Hall–Kier alpha value is -0.740. The molecule has 0 aliphatic carbocycles. The number of guanidine groups is 1. The Labute approximate surface area is 173 Å². The molecule has 0 unspecified atom stereocenters. The van der Waals surface area contributed by atoms with Crippen molar-refractivity contribution in [2.24, 2.45) is 4.99 Å². The zero-order valence-corrected chi connectivity index (χ0v) is 17.6. The zero-order chi connectivity index (χ0) is 18.3. The highest BCUT2D eigenvalue weighted by Gasteiger charge is 2.36. The summed E-state index contributed by atoms with van der Waals surface area (Å²) in [5, 5.41) is 6.54. The van der Waals surface area contributed by atoms with Crippen molar-refractivity contribution in [3.63, 3.8) is 0 Å². The van der Waals surface area contributed by atoms with E-state index in [1.807, 2.05) is 24.3 Å². The second kappa shape index (κ2) is 10.6. The van der Waals surface area contributed by atoms with Crippen LogP contribution < -0.4 is 10.6 Å². The fraction of sp³-hybridized carbons (Fsp3) is 0.588. The number of rotatable bonds is 5. The van der Waals surface area contributed by atoms with E-state index < -0.39 is 12.6 Å². The van der Waals surface area contributed by atoms with E-state index in [2.05, 4.69) is 15.6 Å². The Morgan fingerprint density at radius 2 is 1.88 bits per heavy atom. The van der Waals surface area contributed by atoms with E-state index in [-0.39, 0.29) is 35.9 Å². The molecule has 4 nitrogen and oxygen atoms in total. The number of ether oxygens (including phenoxy) is 1. The minimum atomic E-state index is -4.19. The number of halogens is 5. The summed E-state index contributed by atoms with van der Waals surface area (Å²) in [5.41, 5.74) is 0.788. The molecule has 2 N–H and O–H groups in total. The highest BCUT2D eigenvalue weighted by Crippen LogP contribution is 2.38. The summed E-state index contributed by atoms with van der Waals surface area (Å²) >= 11 is 6.39. The molecule has 0 bridgehead atoms. The van der Waals surface area contributed by atoms with Gasteiger partial charge in [0.1, 0.15) is 0 Å². The van der Waals surface area contributed by atoms with Gasteiger partial charge >= 0.3 is 6.18 Å². The third kappa shape index (κ3) is 6.77. The second-order valence-corrected chi connectivity index (χ2v) is 6.50. The molecule has 148 valence electrons. The lowest BCUT2D eigenvalue weighted by atomic mass is 9.74. The maximum absolute atomic E-state index is 12.3. The SMILES string of the molecule is CN=C(NCCC(F)(F)F)NCC1(c2ccccc2Cl)CCOCC1.I. The van der Waals surface area contributed by atoms with Crippen LogP contribution in [-0.2, 0) is 10.2 Å². The van der Waals surface area contributed by atoms with Crippen molar-refractivity contribution in [1.82, 2.24) is 10.6 Å². The van der Waals surface area contributed by atoms with E-state index >= 15 is 0 Å². The van der Waals surface area contributed by atoms with Crippen molar-refractivity contribution < 1.29 is 17.9 Å². The lowest BCUT2D eigenvalue weighted by molar-refractivity contribution is -0.132. The third-order valence-corrected chi connectivity index (χ3v) is 4.74. The number of aliphatic imine (C=N–C) groups is 1. The molecule has 1 heterocycles. The lowest BCUT2D eigenvalue weighted by Crippen LogP contribution is -2.48. The molecule has 1 saturated heterocycles. The zero-order valence-electron chi connectivity index (χ0n) is 14.5. The van der Waals surface area contributed by atoms with E-state index in [0.717, 1.165) is 18.4 Å². The molecule has 1 aliphatic rings. The van der Waals surface area contributed by atoms with Crippen LogP contribution in [0.5, 0.6) is 0 Å². The molecule has 0 saturated carbocycles. The summed E-state index contributed by atoms with van der Waals surface area (Å²) in [5.74, 6) is 0.349. The molecule has 1 fully saturated rings. The average molecular weight is 506 g/mol. The smallest absolute Gasteiger partial charge is 0.381 e. The molecule has 1 aromatic carbocycles. The lowest BCUT2D eigenvalue weighted by Gasteiger charge is -2.38. The largest absolute Gasteiger partial charge is 0.390 e. The van der Waals surface area contributed by atoms with Crippen LogP contribution in [0, 0.1) is 0 Å². The van der Waals surface area contributed by atoms with Crippen molar-refractivity contribution in [1.29, 1.82) is 0 Å². The number of nitrogens with one attached hydrogen (secondary N) is 2. The van der Waals surface area contributed by atoms with Crippen LogP contribution in [0.2, 0.25) is 5.02 Å². The van der Waals surface area contributed by atoms with Crippen LogP contribution in [0.15, 0.2) is 29.3 Å². The quantitative estimate of drug-likeness (QED) is 0.360. The summed E-state index contributed by atoms with van der Waals surface area (Å²) in [4.78, 5) is 4.00. The normalized spacial score (nSPS) is 17.3. The number of alkyl halides is 3. The number of benzene rings is 1. The molecule has 0 aromatic heterocycles. The molecular weight excluding hydrogens is 482 g/mol. The standard InChI is InChI=1S/C17H23ClF3N3O.HI/c1-22-15(23-9-6-17(19,20)21)24-12-16(7-10-25-11-8-16)13-4-2-3-5-14(13)18;/h2-5H,6-12H2,1H3,(H2,22,23,24);1H. The first-order valence-electron chi connectivity index (χ1n) is 8.20. The summed E-state index contributed by atoms with van der Waals surface area (Å²) < 4.78 is 42.3. The van der Waals surface area contributed by atoms with Gasteiger partial charge in [-0.3, -0.25) is 4.99 Å². The van der Waals surface area contributed by atoms with Crippen LogP contribution in [0.1, 0.15) is 24.8 Å². The van der Waals surface area contributed by atoms with Gasteiger partial charge in [-0.1, -0.05) is 29.8 Å². The van der Waals surface area contributed by atoms with Crippen molar-refractivity contribution in [2.45, 2.75) is 30.9 Å². The minimum absolute atomic E-state index is 0. The van der Waals surface area contributed by atoms with Gasteiger partial charge in [0.05, 0.1) is 6.42 Å². The average Bonchev–Trinajstić information content (AvgIpc) is 2.58. The summed E-state index contributed by atoms with van der Waals surface area (Å²) in [6, 6.07) is 7.67. The van der Waals surface area contributed by atoms with Crippen LogP contribution >= 0.6 is 35.6 Å². The first kappa shape index (κ1) is 23.3. The van der Waals surface area contributed by atoms with Gasteiger partial charge in [-0.05, 0) is 24.5 Å². The van der Waals surface area contributed by atoms with Crippen LogP contribution in [0.25, 0.3) is 0 Å². The van der Waals surface area contributed by atoms with E-state index in [1.165, 1.54) is 7.05 Å². The Bertz CT molecular complexity index is 593. The summed E-state index contributed by atoms with van der Waals surface area (Å²) in [7, 11) is 1.54. The fourth-order valence-electron chi connectivity index (χ4n) is 2.99. The van der Waals surface area contributed by atoms with Crippen molar-refractivity contribution in [2.75, 3.05) is 33.4 Å². The first-order valence-corrected chi connectivity index (χ1v) is 8.58. The van der Waals surface area contributed by atoms with Gasteiger partial charge in [0.25, 0.3) is 0 Å². The van der Waals surface area contributed by atoms with Crippen LogP contribution in [0.3, 0.4) is 0 Å². The van der Waals surface area contributed by atoms with Gasteiger partial charge in [-0.25, -0.2) is 0 Å². The summed E-state index contributed by atoms with van der Waals surface area (Å²) in [6.07, 6.45) is -3.53. The van der Waals surface area contributed by atoms with Gasteiger partial charge < -0.3 is 15.4 Å².